The zero-order valence-corrected chi connectivity index (χ0v) is 13.5. The van der Waals surface area contributed by atoms with E-state index in [1.54, 1.807) is 7.11 Å². The molecule has 1 N–H and O–H groups in total. The molecular formula is C17H18BrNO2. The normalized spacial score (nSPS) is 14.0. The Balaban J connectivity index is 1.76. The van der Waals surface area contributed by atoms with Crippen molar-refractivity contribution < 1.29 is 9.47 Å². The maximum absolute atomic E-state index is 6.02. The van der Waals surface area contributed by atoms with Crippen molar-refractivity contribution in [1.29, 1.82) is 0 Å². The molecule has 0 saturated heterocycles. The second-order valence-electron chi connectivity index (χ2n) is 5.18. The summed E-state index contributed by atoms with van der Waals surface area (Å²) in [7, 11) is 1.66. The van der Waals surface area contributed by atoms with E-state index in [9.17, 15) is 0 Å². The smallest absolute Gasteiger partial charge is 0.133 e. The number of hydrogen-bond acceptors (Lipinski definition) is 3. The second-order valence-corrected chi connectivity index (χ2v) is 6.10. The summed E-state index contributed by atoms with van der Waals surface area (Å²) in [5.41, 5.74) is 1.17. The molecule has 1 aliphatic rings. The van der Waals surface area contributed by atoms with Crippen LogP contribution in [0.3, 0.4) is 0 Å². The summed E-state index contributed by atoms with van der Waals surface area (Å²) >= 11 is 3.50. The fourth-order valence-electron chi connectivity index (χ4n) is 2.08. The van der Waals surface area contributed by atoms with E-state index >= 15 is 0 Å². The van der Waals surface area contributed by atoms with Gasteiger partial charge in [-0.3, -0.25) is 0 Å². The predicted octanol–water partition coefficient (Wildman–Crippen LogP) is 4.50. The molecule has 0 aliphatic heterocycles. The van der Waals surface area contributed by atoms with Crippen molar-refractivity contribution in [1.82, 2.24) is 5.32 Å². The summed E-state index contributed by atoms with van der Waals surface area (Å²) in [6.45, 7) is 0.837. The predicted molar refractivity (Wildman–Crippen MR) is 87.1 cm³/mol. The summed E-state index contributed by atoms with van der Waals surface area (Å²) in [4.78, 5) is 0. The molecule has 2 aromatic rings. The lowest BCUT2D eigenvalue weighted by atomic mass is 10.2. The van der Waals surface area contributed by atoms with Crippen molar-refractivity contribution in [3.05, 3.63) is 52.5 Å². The molecule has 0 unspecified atom stereocenters. The Bertz CT molecular complexity index is 609. The molecule has 0 bridgehead atoms. The minimum atomic E-state index is 0.683. The van der Waals surface area contributed by atoms with Crippen LogP contribution >= 0.6 is 15.9 Å². The van der Waals surface area contributed by atoms with Gasteiger partial charge >= 0.3 is 0 Å². The number of benzene rings is 2. The molecule has 3 nitrogen and oxygen atoms in total. The second kappa shape index (κ2) is 6.50. The molecule has 0 radical (unpaired) electrons. The minimum Gasteiger partial charge on any atom is -0.497 e. The zero-order chi connectivity index (χ0) is 14.7. The van der Waals surface area contributed by atoms with Crippen LogP contribution in [0.25, 0.3) is 0 Å². The highest BCUT2D eigenvalue weighted by atomic mass is 79.9. The Hall–Kier alpha value is -1.52. The van der Waals surface area contributed by atoms with E-state index in [1.807, 2.05) is 36.4 Å². The van der Waals surface area contributed by atoms with Crippen LogP contribution < -0.4 is 14.8 Å². The van der Waals surface area contributed by atoms with Gasteiger partial charge < -0.3 is 14.8 Å². The summed E-state index contributed by atoms with van der Waals surface area (Å²) in [5.74, 6) is 2.51. The first kappa shape index (κ1) is 14.4. The first-order chi connectivity index (χ1) is 10.2. The van der Waals surface area contributed by atoms with Crippen LogP contribution in [0.1, 0.15) is 18.4 Å². The number of rotatable bonds is 6. The summed E-state index contributed by atoms with van der Waals surface area (Å²) < 4.78 is 12.2. The van der Waals surface area contributed by atoms with Gasteiger partial charge in [-0.1, -0.05) is 22.0 Å². The zero-order valence-electron chi connectivity index (χ0n) is 11.9. The molecule has 4 heteroatoms. The van der Waals surface area contributed by atoms with Gasteiger partial charge in [0.2, 0.25) is 0 Å². The minimum absolute atomic E-state index is 0.683. The Morgan fingerprint density at radius 2 is 1.81 bits per heavy atom. The average molecular weight is 348 g/mol. The maximum atomic E-state index is 6.02. The van der Waals surface area contributed by atoms with Gasteiger partial charge in [0, 0.05) is 22.6 Å². The summed E-state index contributed by atoms with van der Waals surface area (Å²) in [6.07, 6.45) is 2.57. The molecule has 0 heterocycles. The first-order valence-corrected chi connectivity index (χ1v) is 7.87. The van der Waals surface area contributed by atoms with Gasteiger partial charge in [-0.05, 0) is 49.2 Å². The number of halogens is 1. The van der Waals surface area contributed by atoms with Crippen molar-refractivity contribution in [2.24, 2.45) is 0 Å². The van der Waals surface area contributed by atoms with Gasteiger partial charge in [-0.15, -0.1) is 0 Å². The molecule has 0 spiro atoms. The lowest BCUT2D eigenvalue weighted by molar-refractivity contribution is 0.412. The molecule has 0 amide bonds. The highest BCUT2D eigenvalue weighted by molar-refractivity contribution is 9.10. The van der Waals surface area contributed by atoms with Gasteiger partial charge in [0.1, 0.15) is 17.2 Å². The lowest BCUT2D eigenvalue weighted by Gasteiger charge is -2.13. The van der Waals surface area contributed by atoms with Crippen LogP contribution in [-0.4, -0.2) is 13.2 Å². The summed E-state index contributed by atoms with van der Waals surface area (Å²) in [6, 6.07) is 14.5. The molecule has 0 atom stereocenters. The van der Waals surface area contributed by atoms with E-state index in [0.717, 1.165) is 28.3 Å². The molecule has 1 fully saturated rings. The molecule has 0 aromatic heterocycles. The molecule has 1 saturated carbocycles. The third-order valence-corrected chi connectivity index (χ3v) is 3.97. The fourth-order valence-corrected chi connectivity index (χ4v) is 2.42. The van der Waals surface area contributed by atoms with E-state index in [4.69, 9.17) is 9.47 Å². The van der Waals surface area contributed by atoms with E-state index in [2.05, 4.69) is 27.3 Å². The van der Waals surface area contributed by atoms with E-state index in [0.29, 0.717) is 6.04 Å². The van der Waals surface area contributed by atoms with Crippen molar-refractivity contribution in [2.75, 3.05) is 7.11 Å². The third-order valence-electron chi connectivity index (χ3n) is 3.47. The van der Waals surface area contributed by atoms with E-state index in [-0.39, 0.29) is 0 Å². The van der Waals surface area contributed by atoms with Crippen molar-refractivity contribution in [2.45, 2.75) is 25.4 Å². The van der Waals surface area contributed by atoms with Crippen molar-refractivity contribution in [3.63, 3.8) is 0 Å². The standard InChI is InChI=1S/C17H18BrNO2/c1-20-15-6-8-16(9-7-15)21-17-10-13(18)3-2-12(17)11-19-14-4-5-14/h2-3,6-10,14,19H,4-5,11H2,1H3. The molecule has 110 valence electrons. The average Bonchev–Trinajstić information content (AvgIpc) is 3.31. The highest BCUT2D eigenvalue weighted by Gasteiger charge is 2.20. The third kappa shape index (κ3) is 3.99. The number of nitrogens with one attached hydrogen (secondary N) is 1. The van der Waals surface area contributed by atoms with Gasteiger partial charge in [-0.2, -0.15) is 0 Å². The number of methoxy groups -OCH3 is 1. The van der Waals surface area contributed by atoms with Gasteiger partial charge in [0.05, 0.1) is 7.11 Å². The van der Waals surface area contributed by atoms with Crippen LogP contribution in [0.5, 0.6) is 17.2 Å². The number of hydrogen-bond donors (Lipinski definition) is 1. The van der Waals surface area contributed by atoms with Crippen LogP contribution in [-0.2, 0) is 6.54 Å². The highest BCUT2D eigenvalue weighted by Crippen LogP contribution is 2.30. The Labute approximate surface area is 133 Å². The SMILES string of the molecule is COc1ccc(Oc2cc(Br)ccc2CNC2CC2)cc1. The van der Waals surface area contributed by atoms with Crippen LogP contribution in [0.4, 0.5) is 0 Å². The van der Waals surface area contributed by atoms with Gasteiger partial charge in [0.25, 0.3) is 0 Å². The largest absolute Gasteiger partial charge is 0.497 e. The molecule has 2 aromatic carbocycles. The van der Waals surface area contributed by atoms with E-state index in [1.165, 1.54) is 18.4 Å². The van der Waals surface area contributed by atoms with Crippen LogP contribution in [0.2, 0.25) is 0 Å². The summed E-state index contributed by atoms with van der Waals surface area (Å²) in [5, 5.41) is 3.52. The quantitative estimate of drug-likeness (QED) is 0.834. The Kier molecular flexibility index (Phi) is 4.46. The van der Waals surface area contributed by atoms with Crippen molar-refractivity contribution in [3.8, 4) is 17.2 Å². The number of ether oxygens (including phenoxy) is 2. The van der Waals surface area contributed by atoms with Crippen LogP contribution in [0.15, 0.2) is 46.9 Å². The van der Waals surface area contributed by atoms with Crippen molar-refractivity contribution >= 4 is 15.9 Å². The lowest BCUT2D eigenvalue weighted by Crippen LogP contribution is -2.15. The molecular weight excluding hydrogens is 330 g/mol. The van der Waals surface area contributed by atoms with Crippen LogP contribution in [0, 0.1) is 0 Å². The molecule has 1 aliphatic carbocycles. The maximum Gasteiger partial charge on any atom is 0.133 e. The Morgan fingerprint density at radius 1 is 1.10 bits per heavy atom. The molecule has 21 heavy (non-hydrogen) atoms. The Morgan fingerprint density at radius 3 is 2.48 bits per heavy atom. The topological polar surface area (TPSA) is 30.5 Å². The van der Waals surface area contributed by atoms with Gasteiger partial charge in [0.15, 0.2) is 0 Å². The van der Waals surface area contributed by atoms with Gasteiger partial charge in [-0.25, -0.2) is 0 Å². The monoisotopic (exact) mass is 347 g/mol. The first-order valence-electron chi connectivity index (χ1n) is 7.08. The fraction of sp³-hybridized carbons (Fsp3) is 0.294. The van der Waals surface area contributed by atoms with E-state index < -0.39 is 0 Å². The molecule has 3 rings (SSSR count).